The lowest BCUT2D eigenvalue weighted by atomic mass is 10.1. The van der Waals surface area contributed by atoms with Crippen LogP contribution >= 0.6 is 28.1 Å². The first-order valence-corrected chi connectivity index (χ1v) is 12.6. The van der Waals surface area contributed by atoms with Gasteiger partial charge in [-0.3, -0.25) is 14.9 Å². The molecule has 3 aromatic rings. The second kappa shape index (κ2) is 14.3. The van der Waals surface area contributed by atoms with Gasteiger partial charge in [0.05, 0.1) is 12.2 Å². The lowest BCUT2D eigenvalue weighted by Gasteiger charge is -2.14. The van der Waals surface area contributed by atoms with E-state index >= 15 is 0 Å². The molecule has 0 spiro atoms. The van der Waals surface area contributed by atoms with Crippen molar-refractivity contribution < 1.29 is 19.1 Å². The summed E-state index contributed by atoms with van der Waals surface area (Å²) >= 11 is 8.75. The zero-order chi connectivity index (χ0) is 25.8. The highest BCUT2D eigenvalue weighted by Crippen LogP contribution is 2.24. The predicted molar refractivity (Wildman–Crippen MR) is 149 cm³/mol. The van der Waals surface area contributed by atoms with Crippen molar-refractivity contribution in [3.63, 3.8) is 0 Å². The van der Waals surface area contributed by atoms with Crippen molar-refractivity contribution in [3.05, 3.63) is 94.0 Å². The zero-order valence-corrected chi connectivity index (χ0v) is 22.3. The molecule has 0 aliphatic carbocycles. The van der Waals surface area contributed by atoms with Gasteiger partial charge >= 0.3 is 0 Å². The number of amides is 2. The number of rotatable bonds is 11. The number of nitrogens with one attached hydrogen (secondary N) is 3. The van der Waals surface area contributed by atoms with E-state index in [1.165, 1.54) is 0 Å². The van der Waals surface area contributed by atoms with E-state index in [1.807, 2.05) is 36.4 Å². The van der Waals surface area contributed by atoms with Crippen molar-refractivity contribution in [1.29, 1.82) is 0 Å². The molecule has 2 amide bonds. The summed E-state index contributed by atoms with van der Waals surface area (Å²) in [4.78, 5) is 25.3. The molecule has 0 aliphatic heterocycles. The van der Waals surface area contributed by atoms with Crippen molar-refractivity contribution in [2.24, 2.45) is 0 Å². The second-order valence-corrected chi connectivity index (χ2v) is 9.14. The number of thiocarbonyl (C=S) groups is 1. The molecule has 0 saturated carbocycles. The van der Waals surface area contributed by atoms with Crippen LogP contribution in [0, 0.1) is 0 Å². The number of halogens is 1. The molecule has 7 nitrogen and oxygen atoms in total. The van der Waals surface area contributed by atoms with Gasteiger partial charge < -0.3 is 20.1 Å². The van der Waals surface area contributed by atoms with Crippen LogP contribution in [0.2, 0.25) is 0 Å². The van der Waals surface area contributed by atoms with Gasteiger partial charge in [0.15, 0.2) is 5.11 Å². The third-order valence-corrected chi connectivity index (χ3v) is 5.80. The van der Waals surface area contributed by atoms with Gasteiger partial charge in [-0.15, -0.1) is 0 Å². The maximum atomic E-state index is 13.0. The van der Waals surface area contributed by atoms with E-state index in [0.717, 1.165) is 16.5 Å². The first-order valence-electron chi connectivity index (χ1n) is 11.4. The van der Waals surface area contributed by atoms with Gasteiger partial charge in [0.1, 0.15) is 5.75 Å². The molecule has 3 N–H and O–H groups in total. The Kier molecular flexibility index (Phi) is 10.9. The van der Waals surface area contributed by atoms with Crippen LogP contribution < -0.4 is 20.7 Å². The molecule has 3 rings (SSSR count). The van der Waals surface area contributed by atoms with E-state index < -0.39 is 5.91 Å². The molecule has 0 aliphatic rings. The van der Waals surface area contributed by atoms with E-state index in [0.29, 0.717) is 48.7 Å². The molecule has 0 aromatic heterocycles. The van der Waals surface area contributed by atoms with Crippen LogP contribution in [0.3, 0.4) is 0 Å². The van der Waals surface area contributed by atoms with E-state index in [2.05, 4.69) is 31.9 Å². The molecule has 36 heavy (non-hydrogen) atoms. The Bertz CT molecular complexity index is 1190. The average molecular weight is 571 g/mol. The first kappa shape index (κ1) is 27.3. The molecule has 0 saturated heterocycles. The molecule has 0 atom stereocenters. The van der Waals surface area contributed by atoms with Crippen LogP contribution in [0.25, 0.3) is 0 Å². The van der Waals surface area contributed by atoms with E-state index in [4.69, 9.17) is 21.7 Å². The molecule has 0 unspecified atom stereocenters. The minimum absolute atomic E-state index is 0.105. The summed E-state index contributed by atoms with van der Waals surface area (Å²) in [5.74, 6) is -0.145. The van der Waals surface area contributed by atoms with Gasteiger partial charge in [0, 0.05) is 42.4 Å². The normalized spacial score (nSPS) is 10.4. The van der Waals surface area contributed by atoms with E-state index in [-0.39, 0.29) is 11.0 Å². The van der Waals surface area contributed by atoms with Gasteiger partial charge in [0.25, 0.3) is 11.8 Å². The molecule has 9 heteroatoms. The Morgan fingerprint density at radius 1 is 0.944 bits per heavy atom. The minimum atomic E-state index is -0.407. The fourth-order valence-corrected chi connectivity index (χ4v) is 3.89. The van der Waals surface area contributed by atoms with E-state index in [9.17, 15) is 9.59 Å². The summed E-state index contributed by atoms with van der Waals surface area (Å²) in [6, 6.07) is 22.1. The molecular weight excluding hydrogens is 542 g/mol. The number of methoxy groups -OCH3 is 1. The smallest absolute Gasteiger partial charge is 0.261 e. The summed E-state index contributed by atoms with van der Waals surface area (Å²) in [5.41, 5.74) is 2.56. The number of anilines is 1. The van der Waals surface area contributed by atoms with Crippen LogP contribution in [0.5, 0.6) is 5.75 Å². The van der Waals surface area contributed by atoms with Gasteiger partial charge in [0.2, 0.25) is 0 Å². The largest absolute Gasteiger partial charge is 0.492 e. The van der Waals surface area contributed by atoms with Crippen molar-refractivity contribution >= 4 is 50.8 Å². The Labute approximate surface area is 224 Å². The summed E-state index contributed by atoms with van der Waals surface area (Å²) < 4.78 is 11.6. The highest BCUT2D eigenvalue weighted by atomic mass is 79.9. The topological polar surface area (TPSA) is 88.7 Å². The van der Waals surface area contributed by atoms with Crippen molar-refractivity contribution in [2.45, 2.75) is 12.8 Å². The highest BCUT2D eigenvalue weighted by Gasteiger charge is 2.15. The summed E-state index contributed by atoms with van der Waals surface area (Å²) in [6.07, 6.45) is 1.44. The van der Waals surface area contributed by atoms with Crippen molar-refractivity contribution in [1.82, 2.24) is 10.6 Å². The van der Waals surface area contributed by atoms with Gasteiger partial charge in [-0.25, -0.2) is 0 Å². The molecule has 0 heterocycles. The maximum Gasteiger partial charge on any atom is 0.261 e. The van der Waals surface area contributed by atoms with Crippen molar-refractivity contribution in [2.75, 3.05) is 32.2 Å². The number of carbonyl (C=O) groups is 2. The molecule has 0 fully saturated rings. The Morgan fingerprint density at radius 2 is 1.75 bits per heavy atom. The zero-order valence-electron chi connectivity index (χ0n) is 19.9. The van der Waals surface area contributed by atoms with Gasteiger partial charge in [-0.05, 0) is 60.6 Å². The molecule has 0 bridgehead atoms. The molecule has 3 aromatic carbocycles. The summed E-state index contributed by atoms with van der Waals surface area (Å²) in [6.45, 7) is 1.52. The van der Waals surface area contributed by atoms with Crippen LogP contribution in [0.1, 0.15) is 32.7 Å². The van der Waals surface area contributed by atoms with Gasteiger partial charge in [-0.1, -0.05) is 52.3 Å². The summed E-state index contributed by atoms with van der Waals surface area (Å²) in [5, 5.41) is 8.59. The first-order chi connectivity index (χ1) is 17.5. The Balaban J connectivity index is 1.58. The minimum Gasteiger partial charge on any atom is -0.492 e. The van der Waals surface area contributed by atoms with Crippen LogP contribution in [0.15, 0.2) is 77.3 Å². The van der Waals surface area contributed by atoms with Crippen LogP contribution in [0.4, 0.5) is 5.69 Å². The monoisotopic (exact) mass is 569 g/mol. The Morgan fingerprint density at radius 3 is 2.53 bits per heavy atom. The number of hydrogen-bond acceptors (Lipinski definition) is 5. The lowest BCUT2D eigenvalue weighted by Crippen LogP contribution is -2.34. The molecule has 188 valence electrons. The fraction of sp³-hybridized carbons (Fsp3) is 0.222. The highest BCUT2D eigenvalue weighted by molar-refractivity contribution is 9.10. The SMILES string of the molecule is COCCCNC(=O)c1cccc(NC(=S)NC(=O)c2cc(Br)ccc2OCCc2ccccc2)c1. The van der Waals surface area contributed by atoms with E-state index in [1.54, 1.807) is 43.5 Å². The van der Waals surface area contributed by atoms with Crippen LogP contribution in [-0.4, -0.2) is 43.8 Å². The van der Waals surface area contributed by atoms with Crippen molar-refractivity contribution in [3.8, 4) is 5.75 Å². The third kappa shape index (κ3) is 8.75. The lowest BCUT2D eigenvalue weighted by molar-refractivity contribution is 0.0946. The number of hydrogen-bond donors (Lipinski definition) is 3. The third-order valence-electron chi connectivity index (χ3n) is 5.10. The predicted octanol–water partition coefficient (Wildman–Crippen LogP) is 4.96. The molecular formula is C27H28BrN3O4S. The summed E-state index contributed by atoms with van der Waals surface area (Å²) in [7, 11) is 1.62. The van der Waals surface area contributed by atoms with Crippen LogP contribution in [-0.2, 0) is 11.2 Å². The number of benzene rings is 3. The average Bonchev–Trinajstić information content (AvgIpc) is 2.88. The number of ether oxygens (including phenoxy) is 2. The second-order valence-electron chi connectivity index (χ2n) is 7.82. The maximum absolute atomic E-state index is 13.0. The quantitative estimate of drug-likeness (QED) is 0.223. The van der Waals surface area contributed by atoms with Gasteiger partial charge in [-0.2, -0.15) is 0 Å². The standard InChI is InChI=1S/C27H28BrN3O4S/c1-34-15-6-14-29-25(32)20-9-5-10-22(17-20)30-27(36)31-26(33)23-18-21(28)11-12-24(23)35-16-13-19-7-3-2-4-8-19/h2-5,7-12,17-18H,6,13-16H2,1H3,(H,29,32)(H2,30,31,33,36). The Hall–Kier alpha value is -3.27. The number of carbonyl (C=O) groups excluding carboxylic acids is 2. The molecule has 0 radical (unpaired) electrons. The fourth-order valence-electron chi connectivity index (χ4n) is 3.32.